The molecule has 0 unspecified atom stereocenters. The largest absolute Gasteiger partial charge is 0.507 e. The fourth-order valence-corrected chi connectivity index (χ4v) is 3.79. The molecule has 28 heavy (non-hydrogen) atoms. The fourth-order valence-electron chi connectivity index (χ4n) is 3.79. The number of carbonyl (C=O) groups excluding carboxylic acids is 1. The molecule has 2 aromatic carbocycles. The van der Waals surface area contributed by atoms with Gasteiger partial charge in [-0.3, -0.25) is 4.79 Å². The number of phenols is 2. The van der Waals surface area contributed by atoms with Crippen LogP contribution in [0.2, 0.25) is 0 Å². The Morgan fingerprint density at radius 2 is 0.857 bits per heavy atom. The Balaban J connectivity index is 2.55. The van der Waals surface area contributed by atoms with Crippen molar-refractivity contribution in [1.82, 2.24) is 0 Å². The van der Waals surface area contributed by atoms with Gasteiger partial charge in [0, 0.05) is 11.1 Å². The third-order valence-corrected chi connectivity index (χ3v) is 5.14. The highest BCUT2D eigenvalue weighted by Crippen LogP contribution is 2.31. The van der Waals surface area contributed by atoms with E-state index < -0.39 is 0 Å². The third-order valence-electron chi connectivity index (χ3n) is 5.14. The van der Waals surface area contributed by atoms with Gasteiger partial charge in [0.25, 0.3) is 0 Å². The lowest BCUT2D eigenvalue weighted by Crippen LogP contribution is -2.07. The summed E-state index contributed by atoms with van der Waals surface area (Å²) in [5.74, 6) is 0.637. The number of hydrogen-bond donors (Lipinski definition) is 2. The predicted molar refractivity (Wildman–Crippen MR) is 116 cm³/mol. The standard InChI is InChI=1S/C25H34O3/c1-5-9-17-13-21(14-18(10-6-2)23(17)26)25(28)22-15-19(11-7-3)24(27)20(16-22)12-8-4/h13-16,26-27H,5-12H2,1-4H3. The first-order chi connectivity index (χ1) is 13.5. The molecule has 0 heterocycles. The molecule has 152 valence electrons. The summed E-state index contributed by atoms with van der Waals surface area (Å²) in [5.41, 5.74) is 4.63. The topological polar surface area (TPSA) is 57.5 Å². The van der Waals surface area contributed by atoms with E-state index in [0.29, 0.717) is 22.6 Å². The number of rotatable bonds is 10. The van der Waals surface area contributed by atoms with Gasteiger partial charge >= 0.3 is 0 Å². The van der Waals surface area contributed by atoms with Crippen LogP contribution in [0.3, 0.4) is 0 Å². The number of carbonyl (C=O) groups is 1. The first kappa shape index (κ1) is 22.0. The highest BCUT2D eigenvalue weighted by molar-refractivity contribution is 6.09. The van der Waals surface area contributed by atoms with Gasteiger partial charge in [-0.25, -0.2) is 0 Å². The lowest BCUT2D eigenvalue weighted by Gasteiger charge is -2.14. The van der Waals surface area contributed by atoms with Crippen LogP contribution in [0.1, 0.15) is 91.6 Å². The minimum atomic E-state index is -0.0376. The maximum absolute atomic E-state index is 13.3. The highest BCUT2D eigenvalue weighted by Gasteiger charge is 2.18. The molecule has 2 aromatic rings. The number of phenolic OH excluding ortho intramolecular Hbond substituents is 2. The lowest BCUT2D eigenvalue weighted by molar-refractivity contribution is 0.103. The van der Waals surface area contributed by atoms with E-state index in [1.165, 1.54) is 0 Å². The molecule has 0 aliphatic rings. The van der Waals surface area contributed by atoms with Gasteiger partial charge in [0.2, 0.25) is 0 Å². The van der Waals surface area contributed by atoms with Gasteiger partial charge in [0.1, 0.15) is 11.5 Å². The summed E-state index contributed by atoms with van der Waals surface area (Å²) in [6, 6.07) is 7.36. The van der Waals surface area contributed by atoms with Gasteiger partial charge in [-0.1, -0.05) is 53.4 Å². The predicted octanol–water partition coefficient (Wildman–Crippen LogP) is 6.14. The highest BCUT2D eigenvalue weighted by atomic mass is 16.3. The van der Waals surface area contributed by atoms with E-state index in [2.05, 4.69) is 27.7 Å². The molecule has 2 N–H and O–H groups in total. The van der Waals surface area contributed by atoms with Gasteiger partial charge in [-0.15, -0.1) is 0 Å². The van der Waals surface area contributed by atoms with Crippen molar-refractivity contribution >= 4 is 5.78 Å². The summed E-state index contributed by atoms with van der Waals surface area (Å²) >= 11 is 0. The smallest absolute Gasteiger partial charge is 0.193 e. The molecule has 0 atom stereocenters. The van der Waals surface area contributed by atoms with Crippen molar-refractivity contribution in [2.45, 2.75) is 79.1 Å². The Morgan fingerprint density at radius 3 is 1.07 bits per heavy atom. The monoisotopic (exact) mass is 382 g/mol. The summed E-state index contributed by atoms with van der Waals surface area (Å²) in [6.07, 6.45) is 6.66. The van der Waals surface area contributed by atoms with Crippen molar-refractivity contribution in [3.8, 4) is 11.5 Å². The first-order valence-electron chi connectivity index (χ1n) is 10.7. The lowest BCUT2D eigenvalue weighted by atomic mass is 9.91. The van der Waals surface area contributed by atoms with Crippen LogP contribution >= 0.6 is 0 Å². The van der Waals surface area contributed by atoms with E-state index in [1.807, 2.05) is 24.3 Å². The molecule has 0 saturated heterocycles. The second kappa shape index (κ2) is 10.3. The number of aryl methyl sites for hydroxylation is 4. The average Bonchev–Trinajstić information content (AvgIpc) is 2.68. The molecular formula is C25H34O3. The minimum absolute atomic E-state index is 0.0376. The average molecular weight is 383 g/mol. The Labute approximate surface area is 169 Å². The Hall–Kier alpha value is -2.29. The van der Waals surface area contributed by atoms with Crippen LogP contribution in [-0.4, -0.2) is 16.0 Å². The molecule has 3 nitrogen and oxygen atoms in total. The zero-order valence-electron chi connectivity index (χ0n) is 17.8. The second-order valence-electron chi connectivity index (χ2n) is 7.62. The van der Waals surface area contributed by atoms with Crippen molar-refractivity contribution in [2.24, 2.45) is 0 Å². The van der Waals surface area contributed by atoms with Crippen LogP contribution in [0.25, 0.3) is 0 Å². The van der Waals surface area contributed by atoms with Crippen molar-refractivity contribution in [1.29, 1.82) is 0 Å². The van der Waals surface area contributed by atoms with E-state index in [0.717, 1.165) is 73.6 Å². The molecular weight excluding hydrogens is 348 g/mol. The fraction of sp³-hybridized carbons (Fsp3) is 0.480. The molecule has 0 amide bonds. The number of hydrogen-bond acceptors (Lipinski definition) is 3. The summed E-state index contributed by atoms with van der Waals surface area (Å²) in [7, 11) is 0. The van der Waals surface area contributed by atoms with Crippen molar-refractivity contribution in [3.05, 3.63) is 57.6 Å². The quantitative estimate of drug-likeness (QED) is 0.485. The van der Waals surface area contributed by atoms with E-state index in [1.54, 1.807) is 0 Å². The van der Waals surface area contributed by atoms with Crippen LogP contribution in [0.5, 0.6) is 11.5 Å². The number of ketones is 1. The number of aromatic hydroxyl groups is 2. The van der Waals surface area contributed by atoms with E-state index in [9.17, 15) is 15.0 Å². The van der Waals surface area contributed by atoms with E-state index in [-0.39, 0.29) is 5.78 Å². The van der Waals surface area contributed by atoms with Crippen LogP contribution in [0, 0.1) is 0 Å². The summed E-state index contributed by atoms with van der Waals surface area (Å²) < 4.78 is 0. The first-order valence-corrected chi connectivity index (χ1v) is 10.7. The summed E-state index contributed by atoms with van der Waals surface area (Å²) in [4.78, 5) is 13.3. The Kier molecular flexibility index (Phi) is 8.10. The SMILES string of the molecule is CCCc1cc(C(=O)c2cc(CCC)c(O)c(CCC)c2)cc(CCC)c1O. The van der Waals surface area contributed by atoms with Gasteiger partial charge in [-0.2, -0.15) is 0 Å². The van der Waals surface area contributed by atoms with Gasteiger partial charge in [0.05, 0.1) is 0 Å². The van der Waals surface area contributed by atoms with Gasteiger partial charge in [-0.05, 0) is 72.2 Å². The van der Waals surface area contributed by atoms with Crippen molar-refractivity contribution < 1.29 is 15.0 Å². The zero-order chi connectivity index (χ0) is 20.7. The van der Waals surface area contributed by atoms with Crippen LogP contribution < -0.4 is 0 Å². The van der Waals surface area contributed by atoms with Crippen LogP contribution in [-0.2, 0) is 25.7 Å². The van der Waals surface area contributed by atoms with Crippen LogP contribution in [0.15, 0.2) is 24.3 Å². The maximum atomic E-state index is 13.3. The maximum Gasteiger partial charge on any atom is 0.193 e. The Morgan fingerprint density at radius 1 is 0.607 bits per heavy atom. The molecule has 0 aliphatic carbocycles. The van der Waals surface area contributed by atoms with E-state index >= 15 is 0 Å². The molecule has 0 aromatic heterocycles. The molecule has 2 rings (SSSR count). The molecule has 3 heteroatoms. The van der Waals surface area contributed by atoms with Gasteiger partial charge < -0.3 is 10.2 Å². The summed E-state index contributed by atoms with van der Waals surface area (Å²) in [6.45, 7) is 8.28. The number of benzene rings is 2. The molecule has 0 fully saturated rings. The zero-order valence-corrected chi connectivity index (χ0v) is 17.8. The molecule has 0 radical (unpaired) electrons. The molecule has 0 saturated carbocycles. The minimum Gasteiger partial charge on any atom is -0.507 e. The van der Waals surface area contributed by atoms with Crippen molar-refractivity contribution in [3.63, 3.8) is 0 Å². The van der Waals surface area contributed by atoms with Crippen LogP contribution in [0.4, 0.5) is 0 Å². The molecule has 0 aliphatic heterocycles. The normalized spacial score (nSPS) is 11.0. The molecule has 0 spiro atoms. The van der Waals surface area contributed by atoms with Gasteiger partial charge in [0.15, 0.2) is 5.78 Å². The summed E-state index contributed by atoms with van der Waals surface area (Å²) in [5, 5.41) is 21.1. The second-order valence-corrected chi connectivity index (χ2v) is 7.62. The third kappa shape index (κ3) is 4.95. The Bertz CT molecular complexity index is 699. The van der Waals surface area contributed by atoms with Crippen molar-refractivity contribution in [2.75, 3.05) is 0 Å². The van der Waals surface area contributed by atoms with E-state index in [4.69, 9.17) is 0 Å². The molecule has 0 bridgehead atoms.